The van der Waals surface area contributed by atoms with Gasteiger partial charge in [-0.2, -0.15) is 0 Å². The molecular weight excluding hydrogens is 392 g/mol. The van der Waals surface area contributed by atoms with E-state index in [1.54, 1.807) is 0 Å². The van der Waals surface area contributed by atoms with E-state index in [9.17, 15) is 0 Å². The Morgan fingerprint density at radius 1 is 0.741 bits per heavy atom. The van der Waals surface area contributed by atoms with Crippen molar-refractivity contribution in [2.75, 3.05) is 0 Å². The molecule has 131 valence electrons. The van der Waals surface area contributed by atoms with Crippen molar-refractivity contribution in [3.63, 3.8) is 0 Å². The first-order valence-corrected chi connectivity index (χ1v) is 10.9. The summed E-state index contributed by atoms with van der Waals surface area (Å²) in [7, 11) is 0. The van der Waals surface area contributed by atoms with Gasteiger partial charge in [0.2, 0.25) is 0 Å². The topological polar surface area (TPSA) is 31.4 Å². The molecular formula is C23H19GaNO2. The number of nitrogens with zero attached hydrogens (tertiary/aromatic N) is 1. The summed E-state index contributed by atoms with van der Waals surface area (Å²) in [5.41, 5.74) is 5.50. The number of rotatable bonds is 5. The molecule has 1 radical (unpaired) electrons. The molecule has 0 amide bonds. The third-order valence-electron chi connectivity index (χ3n) is 4.46. The molecule has 1 aromatic heterocycles. The third-order valence-corrected chi connectivity index (χ3v) is 5.97. The van der Waals surface area contributed by atoms with E-state index in [0.717, 1.165) is 28.1 Å². The number of aryl methyl sites for hydroxylation is 2. The van der Waals surface area contributed by atoms with Gasteiger partial charge < -0.3 is 0 Å². The number of aromatic nitrogens is 1. The molecule has 1 heterocycles. The Hall–Kier alpha value is -2.69. The van der Waals surface area contributed by atoms with Crippen molar-refractivity contribution >= 4 is 29.0 Å². The van der Waals surface area contributed by atoms with Crippen molar-refractivity contribution in [3.8, 4) is 22.6 Å². The average molecular weight is 411 g/mol. The summed E-state index contributed by atoms with van der Waals surface area (Å²) in [5.74, 6) is 1.65. The number of para-hydroxylation sites is 1. The molecule has 27 heavy (non-hydrogen) atoms. The molecule has 4 aromatic rings. The standard InChI is InChI=1S/C12H10O.C11H11NO.Ga/c13-12-8-6-11(7-9-12)10-4-2-1-3-5-10;1-7-6-8(2)12-11-9(7)4-3-5-10(11)13;/h1-9,13H;3-6,13H,1-2H3;/q;;+2/p-2. The summed E-state index contributed by atoms with van der Waals surface area (Å²) < 4.78 is 11.9. The van der Waals surface area contributed by atoms with E-state index in [1.165, 1.54) is 16.7 Å². The van der Waals surface area contributed by atoms with Crippen molar-refractivity contribution in [1.82, 2.24) is 4.98 Å². The van der Waals surface area contributed by atoms with Gasteiger partial charge in [-0.15, -0.1) is 0 Å². The zero-order valence-corrected chi connectivity index (χ0v) is 17.8. The van der Waals surface area contributed by atoms with Crippen LogP contribution in [0.15, 0.2) is 78.9 Å². The Morgan fingerprint density at radius 3 is 2.26 bits per heavy atom. The molecule has 0 aliphatic carbocycles. The number of pyridine rings is 1. The van der Waals surface area contributed by atoms with E-state index in [2.05, 4.69) is 48.3 Å². The monoisotopic (exact) mass is 410 g/mol. The zero-order chi connectivity index (χ0) is 18.6. The van der Waals surface area contributed by atoms with Crippen molar-refractivity contribution < 1.29 is 7.06 Å². The van der Waals surface area contributed by atoms with Crippen LogP contribution in [0.3, 0.4) is 0 Å². The zero-order valence-electron chi connectivity index (χ0n) is 15.3. The first kappa shape index (κ1) is 17.7. The van der Waals surface area contributed by atoms with Crippen LogP contribution in [0, 0.1) is 13.8 Å². The minimum absolute atomic E-state index is 0.806. The Labute approximate surface area is 167 Å². The molecule has 0 fully saturated rings. The molecule has 0 N–H and O–H groups in total. The van der Waals surface area contributed by atoms with E-state index >= 15 is 0 Å². The van der Waals surface area contributed by atoms with Gasteiger partial charge in [0, 0.05) is 0 Å². The summed E-state index contributed by atoms with van der Waals surface area (Å²) >= 11 is -1.38. The molecule has 0 saturated heterocycles. The predicted octanol–water partition coefficient (Wildman–Crippen LogP) is 5.51. The molecule has 3 nitrogen and oxygen atoms in total. The van der Waals surface area contributed by atoms with Gasteiger partial charge in [-0.1, -0.05) is 0 Å². The molecule has 0 atom stereocenters. The van der Waals surface area contributed by atoms with E-state index in [1.807, 2.05) is 49.4 Å². The Balaban J connectivity index is 1.45. The van der Waals surface area contributed by atoms with Crippen LogP contribution in [0.5, 0.6) is 11.5 Å². The minimum atomic E-state index is -1.38. The molecule has 0 aliphatic rings. The fourth-order valence-electron chi connectivity index (χ4n) is 3.14. The van der Waals surface area contributed by atoms with Crippen LogP contribution >= 0.6 is 0 Å². The molecule has 0 saturated carbocycles. The quantitative estimate of drug-likeness (QED) is 0.406. The summed E-state index contributed by atoms with van der Waals surface area (Å²) in [5, 5.41) is 1.13. The molecule has 0 unspecified atom stereocenters. The second-order valence-corrected chi connectivity index (χ2v) is 7.85. The van der Waals surface area contributed by atoms with Gasteiger partial charge in [0.15, 0.2) is 0 Å². The third kappa shape index (κ3) is 4.02. The Morgan fingerprint density at radius 2 is 1.48 bits per heavy atom. The fraction of sp³-hybridized carbons (Fsp3) is 0.0870. The number of hydrogen-bond donors (Lipinski definition) is 0. The Kier molecular flexibility index (Phi) is 5.18. The molecule has 0 bridgehead atoms. The molecule has 4 heteroatoms. The van der Waals surface area contributed by atoms with E-state index in [0.29, 0.717) is 0 Å². The Bertz CT molecular complexity index is 1060. The first-order chi connectivity index (χ1) is 13.2. The summed E-state index contributed by atoms with van der Waals surface area (Å²) in [6, 6.07) is 26.6. The average Bonchev–Trinajstić information content (AvgIpc) is 2.70. The maximum atomic E-state index is 6.02. The first-order valence-electron chi connectivity index (χ1n) is 8.88. The molecule has 0 spiro atoms. The van der Waals surface area contributed by atoms with Crippen molar-refractivity contribution in [2.45, 2.75) is 13.8 Å². The van der Waals surface area contributed by atoms with Crippen molar-refractivity contribution in [1.29, 1.82) is 0 Å². The van der Waals surface area contributed by atoms with Gasteiger partial charge in [0.05, 0.1) is 0 Å². The van der Waals surface area contributed by atoms with Crippen LogP contribution in [0.2, 0.25) is 0 Å². The second kappa shape index (κ2) is 7.90. The number of hydrogen-bond acceptors (Lipinski definition) is 3. The van der Waals surface area contributed by atoms with Gasteiger partial charge >= 0.3 is 168 Å². The van der Waals surface area contributed by atoms with Crippen LogP contribution in [0.25, 0.3) is 22.0 Å². The van der Waals surface area contributed by atoms with E-state index < -0.39 is 18.1 Å². The van der Waals surface area contributed by atoms with Gasteiger partial charge in [0.1, 0.15) is 0 Å². The predicted molar refractivity (Wildman–Crippen MR) is 110 cm³/mol. The number of benzene rings is 3. The fourth-order valence-corrected chi connectivity index (χ4v) is 4.42. The second-order valence-electron chi connectivity index (χ2n) is 6.46. The molecule has 4 rings (SSSR count). The summed E-state index contributed by atoms with van der Waals surface area (Å²) in [6.45, 7) is 4.11. The van der Waals surface area contributed by atoms with Crippen LogP contribution in [0.4, 0.5) is 0 Å². The molecule has 0 aliphatic heterocycles. The van der Waals surface area contributed by atoms with Crippen LogP contribution < -0.4 is 7.06 Å². The van der Waals surface area contributed by atoms with Gasteiger partial charge in [0.25, 0.3) is 0 Å². The van der Waals surface area contributed by atoms with Gasteiger partial charge in [-0.05, 0) is 0 Å². The number of fused-ring (bicyclic) bond motifs is 1. The van der Waals surface area contributed by atoms with E-state index in [-0.39, 0.29) is 0 Å². The molecule has 3 aromatic carbocycles. The summed E-state index contributed by atoms with van der Waals surface area (Å²) in [4.78, 5) is 4.65. The van der Waals surface area contributed by atoms with Crippen LogP contribution in [-0.4, -0.2) is 23.1 Å². The van der Waals surface area contributed by atoms with Crippen molar-refractivity contribution in [2.24, 2.45) is 0 Å². The SMILES string of the molecule is Cc1cc(C)c2cccc([O][Ga][O]c3ccc(-c4ccccc4)cc3)c2n1. The normalized spacial score (nSPS) is 10.6. The van der Waals surface area contributed by atoms with E-state index in [4.69, 9.17) is 7.06 Å². The van der Waals surface area contributed by atoms with Gasteiger partial charge in [-0.25, -0.2) is 0 Å². The van der Waals surface area contributed by atoms with Crippen molar-refractivity contribution in [3.05, 3.63) is 90.1 Å². The van der Waals surface area contributed by atoms with Crippen LogP contribution in [0.1, 0.15) is 11.3 Å². The van der Waals surface area contributed by atoms with Crippen LogP contribution in [-0.2, 0) is 0 Å². The van der Waals surface area contributed by atoms with Gasteiger partial charge in [-0.3, -0.25) is 0 Å². The maximum absolute atomic E-state index is 6.02. The summed E-state index contributed by atoms with van der Waals surface area (Å²) in [6.07, 6.45) is 0.